The molecule has 1 saturated heterocycles. The van der Waals surface area contributed by atoms with Crippen LogP contribution < -0.4 is 0 Å². The Kier molecular flexibility index (Phi) is 2.88. The predicted octanol–water partition coefficient (Wildman–Crippen LogP) is 1.99. The zero-order valence-electron chi connectivity index (χ0n) is 9.80. The van der Waals surface area contributed by atoms with Crippen LogP contribution in [0, 0.1) is 5.92 Å². The van der Waals surface area contributed by atoms with Crippen molar-refractivity contribution in [1.82, 2.24) is 19.5 Å². The Morgan fingerprint density at radius 2 is 2.35 bits per heavy atom. The first-order valence-corrected chi connectivity index (χ1v) is 6.70. The summed E-state index contributed by atoms with van der Waals surface area (Å²) in [5.74, 6) is 1.79. The van der Waals surface area contributed by atoms with E-state index >= 15 is 0 Å². The highest BCUT2D eigenvalue weighted by Crippen LogP contribution is 2.21. The van der Waals surface area contributed by atoms with E-state index in [0.29, 0.717) is 5.92 Å². The van der Waals surface area contributed by atoms with Gasteiger partial charge in [0, 0.05) is 19.2 Å². The van der Waals surface area contributed by atoms with Gasteiger partial charge in [0.05, 0.1) is 4.47 Å². The van der Waals surface area contributed by atoms with E-state index in [1.807, 2.05) is 18.3 Å². The summed E-state index contributed by atoms with van der Waals surface area (Å²) in [7, 11) is 2.18. The molecule has 0 radical (unpaired) electrons. The van der Waals surface area contributed by atoms with E-state index in [1.165, 1.54) is 19.5 Å². The first kappa shape index (κ1) is 11.2. The molecule has 90 valence electrons. The van der Waals surface area contributed by atoms with E-state index in [9.17, 15) is 0 Å². The van der Waals surface area contributed by atoms with Gasteiger partial charge in [-0.25, -0.2) is 0 Å². The highest BCUT2D eigenvalue weighted by Gasteiger charge is 2.21. The van der Waals surface area contributed by atoms with Gasteiger partial charge in [-0.2, -0.15) is 0 Å². The largest absolute Gasteiger partial charge is 0.306 e. The molecule has 0 aromatic carbocycles. The Morgan fingerprint density at radius 1 is 1.47 bits per heavy atom. The Balaban J connectivity index is 1.88. The molecule has 0 aliphatic carbocycles. The lowest BCUT2D eigenvalue weighted by Crippen LogP contribution is -2.15. The van der Waals surface area contributed by atoms with Crippen LogP contribution in [0.5, 0.6) is 0 Å². The van der Waals surface area contributed by atoms with Crippen LogP contribution in [0.1, 0.15) is 12.2 Å². The third-order valence-corrected chi connectivity index (χ3v) is 4.04. The molecule has 1 atom stereocenters. The predicted molar refractivity (Wildman–Crippen MR) is 70.0 cm³/mol. The van der Waals surface area contributed by atoms with Crippen molar-refractivity contribution in [2.24, 2.45) is 5.92 Å². The number of aromatic nitrogens is 3. The summed E-state index contributed by atoms with van der Waals surface area (Å²) in [6.45, 7) is 2.37. The molecule has 2 aromatic rings. The smallest absolute Gasteiger partial charge is 0.175 e. The molecule has 0 saturated carbocycles. The van der Waals surface area contributed by atoms with Crippen molar-refractivity contribution in [3.05, 3.63) is 28.6 Å². The Bertz CT molecular complexity index is 536. The molecule has 1 fully saturated rings. The highest BCUT2D eigenvalue weighted by atomic mass is 79.9. The number of hydrogen-bond acceptors (Lipinski definition) is 3. The van der Waals surface area contributed by atoms with Crippen molar-refractivity contribution in [2.45, 2.75) is 12.8 Å². The van der Waals surface area contributed by atoms with E-state index in [-0.39, 0.29) is 0 Å². The van der Waals surface area contributed by atoms with Gasteiger partial charge < -0.3 is 4.90 Å². The quantitative estimate of drug-likeness (QED) is 0.849. The van der Waals surface area contributed by atoms with E-state index in [1.54, 1.807) is 0 Å². The van der Waals surface area contributed by atoms with Gasteiger partial charge in [-0.15, -0.1) is 10.2 Å². The molecule has 2 aromatic heterocycles. The summed E-state index contributed by atoms with van der Waals surface area (Å²) < 4.78 is 3.09. The van der Waals surface area contributed by atoms with Crippen LogP contribution in [0.15, 0.2) is 22.8 Å². The lowest BCUT2D eigenvalue weighted by atomic mass is 10.0. The van der Waals surface area contributed by atoms with Gasteiger partial charge in [0.25, 0.3) is 0 Å². The Morgan fingerprint density at radius 3 is 3.12 bits per heavy atom. The monoisotopic (exact) mass is 294 g/mol. The summed E-state index contributed by atoms with van der Waals surface area (Å²) in [4.78, 5) is 2.38. The minimum atomic E-state index is 0.714. The minimum absolute atomic E-state index is 0.714. The summed E-state index contributed by atoms with van der Waals surface area (Å²) in [6.07, 6.45) is 4.31. The maximum Gasteiger partial charge on any atom is 0.175 e. The van der Waals surface area contributed by atoms with E-state index in [4.69, 9.17) is 0 Å². The van der Waals surface area contributed by atoms with Crippen LogP contribution >= 0.6 is 15.9 Å². The minimum Gasteiger partial charge on any atom is -0.306 e. The van der Waals surface area contributed by atoms with Crippen molar-refractivity contribution >= 4 is 21.6 Å². The second-order valence-corrected chi connectivity index (χ2v) is 5.64. The lowest BCUT2D eigenvalue weighted by molar-refractivity contribution is 0.392. The van der Waals surface area contributed by atoms with Crippen molar-refractivity contribution in [3.63, 3.8) is 0 Å². The Hall–Kier alpha value is -0.940. The number of hydrogen-bond donors (Lipinski definition) is 0. The van der Waals surface area contributed by atoms with Crippen LogP contribution in [-0.2, 0) is 6.42 Å². The average Bonchev–Trinajstić information content (AvgIpc) is 2.88. The van der Waals surface area contributed by atoms with Gasteiger partial charge in [-0.05, 0) is 54.0 Å². The van der Waals surface area contributed by atoms with Crippen LogP contribution in [-0.4, -0.2) is 39.6 Å². The number of fused-ring (bicyclic) bond motifs is 1. The van der Waals surface area contributed by atoms with Crippen molar-refractivity contribution < 1.29 is 0 Å². The van der Waals surface area contributed by atoms with Crippen LogP contribution in [0.4, 0.5) is 0 Å². The number of nitrogens with zero attached hydrogens (tertiary/aromatic N) is 4. The van der Waals surface area contributed by atoms with Gasteiger partial charge >= 0.3 is 0 Å². The van der Waals surface area contributed by atoms with Gasteiger partial charge in [0.15, 0.2) is 5.65 Å². The van der Waals surface area contributed by atoms with Crippen LogP contribution in [0.2, 0.25) is 0 Å². The van der Waals surface area contributed by atoms with Crippen molar-refractivity contribution in [2.75, 3.05) is 20.1 Å². The fourth-order valence-electron chi connectivity index (χ4n) is 2.52. The van der Waals surface area contributed by atoms with E-state index in [2.05, 4.69) is 42.5 Å². The normalized spacial score (nSPS) is 21.4. The Labute approximate surface area is 109 Å². The lowest BCUT2D eigenvalue weighted by Gasteiger charge is -2.08. The first-order chi connectivity index (χ1) is 8.24. The van der Waals surface area contributed by atoms with Gasteiger partial charge in [0.2, 0.25) is 0 Å². The molecule has 0 amide bonds. The standard InChI is InChI=1S/C12H15BrN4/c1-16-6-4-9(8-16)7-11-14-15-12-10(13)3-2-5-17(11)12/h2-3,5,9H,4,6-8H2,1H3. The summed E-state index contributed by atoms with van der Waals surface area (Å²) in [5, 5.41) is 8.54. The fourth-order valence-corrected chi connectivity index (χ4v) is 2.94. The molecule has 0 N–H and O–H groups in total. The zero-order chi connectivity index (χ0) is 11.8. The molecule has 17 heavy (non-hydrogen) atoms. The molecular weight excluding hydrogens is 280 g/mol. The van der Waals surface area contributed by atoms with Gasteiger partial charge in [0.1, 0.15) is 5.82 Å². The van der Waals surface area contributed by atoms with Crippen molar-refractivity contribution in [1.29, 1.82) is 0 Å². The SMILES string of the molecule is CN1CCC(Cc2nnc3c(Br)cccn23)C1. The second kappa shape index (κ2) is 4.38. The average molecular weight is 295 g/mol. The van der Waals surface area contributed by atoms with Crippen LogP contribution in [0.3, 0.4) is 0 Å². The molecule has 1 unspecified atom stereocenters. The molecule has 3 rings (SSSR count). The maximum absolute atomic E-state index is 4.31. The van der Waals surface area contributed by atoms with E-state index < -0.39 is 0 Å². The van der Waals surface area contributed by atoms with Gasteiger partial charge in [-0.3, -0.25) is 4.40 Å². The summed E-state index contributed by atoms with van der Waals surface area (Å²) >= 11 is 3.50. The summed E-state index contributed by atoms with van der Waals surface area (Å²) in [6, 6.07) is 4.02. The molecule has 0 spiro atoms. The maximum atomic E-state index is 4.31. The second-order valence-electron chi connectivity index (χ2n) is 4.79. The molecule has 0 bridgehead atoms. The van der Waals surface area contributed by atoms with Crippen LogP contribution in [0.25, 0.3) is 5.65 Å². The molecule has 1 aliphatic heterocycles. The molecular formula is C12H15BrN4. The topological polar surface area (TPSA) is 33.4 Å². The fraction of sp³-hybridized carbons (Fsp3) is 0.500. The molecule has 1 aliphatic rings. The van der Waals surface area contributed by atoms with Crippen molar-refractivity contribution in [3.8, 4) is 0 Å². The summed E-state index contributed by atoms with van der Waals surface area (Å²) in [5.41, 5.74) is 0.911. The first-order valence-electron chi connectivity index (χ1n) is 5.90. The van der Waals surface area contributed by atoms with E-state index in [0.717, 1.165) is 22.4 Å². The zero-order valence-corrected chi connectivity index (χ0v) is 11.4. The number of pyridine rings is 1. The highest BCUT2D eigenvalue weighted by molar-refractivity contribution is 9.10. The number of likely N-dealkylation sites (tertiary alicyclic amines) is 1. The third kappa shape index (κ3) is 2.09. The number of halogens is 1. The number of rotatable bonds is 2. The molecule has 3 heterocycles. The molecule has 5 heteroatoms. The third-order valence-electron chi connectivity index (χ3n) is 3.42. The van der Waals surface area contributed by atoms with Gasteiger partial charge in [-0.1, -0.05) is 0 Å². The molecule has 4 nitrogen and oxygen atoms in total.